The zero-order chi connectivity index (χ0) is 19.9. The van der Waals surface area contributed by atoms with Gasteiger partial charge < -0.3 is 15.8 Å². The van der Waals surface area contributed by atoms with Crippen molar-refractivity contribution in [1.29, 1.82) is 0 Å². The van der Waals surface area contributed by atoms with Crippen LogP contribution in [0.3, 0.4) is 0 Å². The maximum absolute atomic E-state index is 14.0. The molecular weight excluding hydrogens is 389 g/mol. The monoisotopic (exact) mass is 411 g/mol. The number of halogens is 1. The van der Waals surface area contributed by atoms with Gasteiger partial charge in [-0.15, -0.1) is 0 Å². The molecule has 28 heavy (non-hydrogen) atoms. The van der Waals surface area contributed by atoms with E-state index in [1.807, 2.05) is 0 Å². The smallest absolute Gasteiger partial charge is 0.254 e. The number of piperidine rings is 1. The number of nitrogens with zero attached hydrogens (tertiary/aromatic N) is 3. The molecular formula is C17H22FN5O4S. The first-order chi connectivity index (χ1) is 13.3. The van der Waals surface area contributed by atoms with Crippen LogP contribution in [0.15, 0.2) is 24.7 Å². The molecule has 2 atom stereocenters. The predicted molar refractivity (Wildman–Crippen MR) is 102 cm³/mol. The minimum Gasteiger partial charge on any atom is -0.471 e. The van der Waals surface area contributed by atoms with E-state index >= 15 is 0 Å². The Bertz CT molecular complexity index is 884. The van der Waals surface area contributed by atoms with Gasteiger partial charge in [0.2, 0.25) is 5.88 Å². The summed E-state index contributed by atoms with van der Waals surface area (Å²) in [4.78, 5) is 16.1. The van der Waals surface area contributed by atoms with E-state index in [4.69, 9.17) is 10.5 Å². The highest BCUT2D eigenvalue weighted by atomic mass is 32.3. The minimum absolute atomic E-state index is 0.0196. The highest BCUT2D eigenvalue weighted by Crippen LogP contribution is 2.53. The van der Waals surface area contributed by atoms with Crippen LogP contribution in [-0.4, -0.2) is 66.6 Å². The fraction of sp³-hybridized carbons (Fsp3) is 0.471. The van der Waals surface area contributed by atoms with Crippen molar-refractivity contribution in [2.45, 2.75) is 24.7 Å². The van der Waals surface area contributed by atoms with Gasteiger partial charge in [-0.2, -0.15) is 15.7 Å². The Labute approximate surface area is 162 Å². The van der Waals surface area contributed by atoms with Gasteiger partial charge in [0.15, 0.2) is 0 Å². The Hall–Kier alpha value is -2.21. The van der Waals surface area contributed by atoms with Gasteiger partial charge in [-0.25, -0.2) is 9.37 Å². The standard InChI is InChI=1S/C17H22FN5O4S/c18-14-6-20-2-1-15(14)27-17-13(16(19)24)3-10(4-21-17)11-5-22-23(7-11)12-8-28(25,26)9-12/h3-5,7,12,14-15,20,25-26H,1-2,6,8-9H2,(H2,19,24). The largest absolute Gasteiger partial charge is 0.471 e. The van der Waals surface area contributed by atoms with Gasteiger partial charge in [0.1, 0.15) is 17.8 Å². The van der Waals surface area contributed by atoms with E-state index in [2.05, 4.69) is 15.4 Å². The fourth-order valence-electron chi connectivity index (χ4n) is 3.36. The number of ether oxygens (including phenoxy) is 1. The lowest BCUT2D eigenvalue weighted by Crippen LogP contribution is -2.44. The predicted octanol–water partition coefficient (Wildman–Crippen LogP) is 1.43. The number of alkyl halides is 1. The summed E-state index contributed by atoms with van der Waals surface area (Å²) in [6.45, 7) is 0.819. The van der Waals surface area contributed by atoms with Gasteiger partial charge in [0.05, 0.1) is 23.7 Å². The molecule has 2 fully saturated rings. The number of nitrogens with one attached hydrogen (secondary N) is 1. The molecule has 1 amide bonds. The number of nitrogens with two attached hydrogens (primary N) is 1. The molecule has 4 rings (SSSR count). The molecule has 2 unspecified atom stereocenters. The third kappa shape index (κ3) is 3.83. The number of carbonyl (C=O) groups is 1. The van der Waals surface area contributed by atoms with Crippen LogP contribution in [0.5, 0.6) is 5.88 Å². The summed E-state index contributed by atoms with van der Waals surface area (Å²) >= 11 is 0. The van der Waals surface area contributed by atoms with E-state index in [0.717, 1.165) is 0 Å². The van der Waals surface area contributed by atoms with E-state index in [1.165, 1.54) is 6.20 Å². The molecule has 4 heterocycles. The normalized spacial score (nSPS) is 25.7. The Kier molecular flexibility index (Phi) is 5.00. The average Bonchev–Trinajstić information content (AvgIpc) is 3.11. The van der Waals surface area contributed by atoms with Crippen molar-refractivity contribution in [2.24, 2.45) is 5.73 Å². The molecule has 0 bridgehead atoms. The fourth-order valence-corrected chi connectivity index (χ4v) is 4.80. The Balaban J connectivity index is 1.55. The van der Waals surface area contributed by atoms with Crippen LogP contribution < -0.4 is 15.8 Å². The van der Waals surface area contributed by atoms with Crippen molar-refractivity contribution in [2.75, 3.05) is 24.6 Å². The van der Waals surface area contributed by atoms with Crippen LogP contribution in [0, 0.1) is 0 Å². The molecule has 2 aromatic rings. The van der Waals surface area contributed by atoms with Crippen molar-refractivity contribution in [3.8, 4) is 17.0 Å². The Morgan fingerprint density at radius 2 is 2.14 bits per heavy atom. The molecule has 0 spiro atoms. The second kappa shape index (κ2) is 7.32. The van der Waals surface area contributed by atoms with E-state index in [9.17, 15) is 18.3 Å². The van der Waals surface area contributed by atoms with Gasteiger partial charge in [0.25, 0.3) is 5.91 Å². The van der Waals surface area contributed by atoms with Crippen molar-refractivity contribution in [1.82, 2.24) is 20.1 Å². The minimum atomic E-state index is -2.46. The summed E-state index contributed by atoms with van der Waals surface area (Å²) in [5.74, 6) is -0.126. The maximum Gasteiger partial charge on any atom is 0.254 e. The van der Waals surface area contributed by atoms with Crippen LogP contribution in [0.4, 0.5) is 4.39 Å². The van der Waals surface area contributed by atoms with Crippen LogP contribution >= 0.6 is 10.6 Å². The number of aromatic nitrogens is 3. The zero-order valence-corrected chi connectivity index (χ0v) is 15.8. The molecule has 0 saturated carbocycles. The van der Waals surface area contributed by atoms with E-state index in [-0.39, 0.29) is 35.5 Å². The molecule has 5 N–H and O–H groups in total. The molecule has 2 aromatic heterocycles. The second-order valence-electron chi connectivity index (χ2n) is 7.10. The van der Waals surface area contributed by atoms with Gasteiger partial charge in [0, 0.05) is 30.1 Å². The first kappa shape index (κ1) is 19.1. The molecule has 2 aliphatic heterocycles. The topological polar surface area (TPSA) is 136 Å². The third-order valence-corrected chi connectivity index (χ3v) is 6.79. The molecule has 11 heteroatoms. The highest BCUT2D eigenvalue weighted by molar-refractivity contribution is 8.25. The van der Waals surface area contributed by atoms with Crippen molar-refractivity contribution < 1.29 is 23.0 Å². The summed E-state index contributed by atoms with van der Waals surface area (Å²) in [6.07, 6.45) is 3.48. The number of rotatable bonds is 5. The van der Waals surface area contributed by atoms with Crippen LogP contribution in [-0.2, 0) is 0 Å². The van der Waals surface area contributed by atoms with E-state index in [1.54, 1.807) is 23.1 Å². The summed E-state index contributed by atoms with van der Waals surface area (Å²) < 4.78 is 40.4. The number of hydrogen-bond donors (Lipinski definition) is 4. The zero-order valence-electron chi connectivity index (χ0n) is 15.0. The molecule has 152 valence electrons. The SMILES string of the molecule is NC(=O)c1cc(-c2cnn(C3CS(O)(O)C3)c2)cnc1OC1CCNCC1F. The maximum atomic E-state index is 14.0. The first-order valence-electron chi connectivity index (χ1n) is 8.92. The number of carbonyl (C=O) groups excluding carboxylic acids is 1. The summed E-state index contributed by atoms with van der Waals surface area (Å²) in [7, 11) is -2.46. The quantitative estimate of drug-likeness (QED) is 0.584. The molecule has 2 aliphatic rings. The Morgan fingerprint density at radius 1 is 1.36 bits per heavy atom. The second-order valence-corrected chi connectivity index (χ2v) is 9.38. The lowest BCUT2D eigenvalue weighted by atomic mass is 10.1. The third-order valence-electron chi connectivity index (χ3n) is 4.96. The molecule has 0 aromatic carbocycles. The first-order valence-corrected chi connectivity index (χ1v) is 10.8. The average molecular weight is 411 g/mol. The van der Waals surface area contributed by atoms with E-state index < -0.39 is 28.8 Å². The molecule has 9 nitrogen and oxygen atoms in total. The van der Waals surface area contributed by atoms with Crippen LogP contribution in [0.2, 0.25) is 0 Å². The molecule has 0 radical (unpaired) electrons. The number of hydrogen-bond acceptors (Lipinski definition) is 7. The summed E-state index contributed by atoms with van der Waals surface area (Å²) in [6, 6.07) is 1.49. The van der Waals surface area contributed by atoms with Crippen LogP contribution in [0.25, 0.3) is 11.1 Å². The molecule has 2 saturated heterocycles. The lowest BCUT2D eigenvalue weighted by Gasteiger charge is -2.46. The summed E-state index contributed by atoms with van der Waals surface area (Å²) in [5.41, 5.74) is 6.87. The molecule has 0 aliphatic carbocycles. The van der Waals surface area contributed by atoms with Gasteiger partial charge >= 0.3 is 0 Å². The number of primary amides is 1. The van der Waals surface area contributed by atoms with Gasteiger partial charge in [-0.05, 0) is 19.0 Å². The highest BCUT2D eigenvalue weighted by Gasteiger charge is 2.35. The summed E-state index contributed by atoms with van der Waals surface area (Å²) in [5, 5.41) is 7.19. The lowest BCUT2D eigenvalue weighted by molar-refractivity contribution is 0.0676. The number of amides is 1. The van der Waals surface area contributed by atoms with Crippen molar-refractivity contribution in [3.63, 3.8) is 0 Å². The van der Waals surface area contributed by atoms with Crippen molar-refractivity contribution >= 4 is 16.5 Å². The van der Waals surface area contributed by atoms with Crippen LogP contribution in [0.1, 0.15) is 22.8 Å². The number of pyridine rings is 1. The van der Waals surface area contributed by atoms with Gasteiger partial charge in [-0.3, -0.25) is 18.6 Å². The van der Waals surface area contributed by atoms with Gasteiger partial charge in [-0.1, -0.05) is 0 Å². The van der Waals surface area contributed by atoms with E-state index in [0.29, 0.717) is 24.1 Å². The Morgan fingerprint density at radius 3 is 2.82 bits per heavy atom. The van der Waals surface area contributed by atoms with Crippen molar-refractivity contribution in [3.05, 3.63) is 30.2 Å².